The molecule has 126 valence electrons. The van der Waals surface area contributed by atoms with Crippen molar-refractivity contribution in [2.75, 3.05) is 10.6 Å². The van der Waals surface area contributed by atoms with Gasteiger partial charge in [-0.15, -0.1) is 0 Å². The molecule has 0 spiro atoms. The fourth-order valence-corrected chi connectivity index (χ4v) is 2.01. The summed E-state index contributed by atoms with van der Waals surface area (Å²) in [7, 11) is 0. The third-order valence-corrected chi connectivity index (χ3v) is 3.30. The third-order valence-electron chi connectivity index (χ3n) is 3.30. The Labute approximate surface area is 136 Å². The first-order chi connectivity index (χ1) is 11.2. The first-order valence-corrected chi connectivity index (χ1v) is 7.03. The Morgan fingerprint density at radius 1 is 0.917 bits per heavy atom. The largest absolute Gasteiger partial charge is 0.416 e. The molecule has 0 aliphatic heterocycles. The molecule has 0 radical (unpaired) electrons. The molecule has 0 fully saturated rings. The zero-order chi connectivity index (χ0) is 17.9. The molecule has 0 atom stereocenters. The Balaban J connectivity index is 2.09. The zero-order valence-corrected chi connectivity index (χ0v) is 13.0. The molecule has 7 heteroatoms. The summed E-state index contributed by atoms with van der Waals surface area (Å²) in [5.41, 5.74) is 1.12. The second-order valence-electron chi connectivity index (χ2n) is 5.31. The summed E-state index contributed by atoms with van der Waals surface area (Å²) in [6.07, 6.45) is -4.53. The standard InChI is InChI=1S/C17H15F3N2O2/c1-10-6-7-11(2)14(8-10)22-16(24)15(23)21-13-5-3-4-12(9-13)17(18,19)20/h3-9H,1-2H3,(H,21,23)(H,22,24). The van der Waals surface area contributed by atoms with Gasteiger partial charge in [0.15, 0.2) is 0 Å². The minimum absolute atomic E-state index is 0.106. The smallest absolute Gasteiger partial charge is 0.318 e. The van der Waals surface area contributed by atoms with E-state index in [1.54, 1.807) is 19.1 Å². The number of anilines is 2. The lowest BCUT2D eigenvalue weighted by atomic mass is 10.1. The average molecular weight is 336 g/mol. The molecule has 0 unspecified atom stereocenters. The molecule has 24 heavy (non-hydrogen) atoms. The van der Waals surface area contributed by atoms with E-state index in [-0.39, 0.29) is 5.69 Å². The van der Waals surface area contributed by atoms with Crippen LogP contribution in [0.15, 0.2) is 42.5 Å². The van der Waals surface area contributed by atoms with Crippen LogP contribution in [0.3, 0.4) is 0 Å². The molecule has 0 heterocycles. The molecule has 0 aliphatic rings. The van der Waals surface area contributed by atoms with E-state index in [0.29, 0.717) is 5.69 Å². The van der Waals surface area contributed by atoms with Crippen molar-refractivity contribution in [1.29, 1.82) is 0 Å². The Kier molecular flexibility index (Phi) is 4.92. The molecule has 2 amide bonds. The van der Waals surface area contributed by atoms with Crippen molar-refractivity contribution in [3.05, 3.63) is 59.2 Å². The molecular formula is C17H15F3N2O2. The quantitative estimate of drug-likeness (QED) is 0.817. The lowest BCUT2D eigenvalue weighted by Crippen LogP contribution is -2.29. The van der Waals surface area contributed by atoms with Crippen molar-refractivity contribution in [2.24, 2.45) is 0 Å². The molecular weight excluding hydrogens is 321 g/mol. The molecule has 0 bridgehead atoms. The van der Waals surface area contributed by atoms with Gasteiger partial charge in [-0.25, -0.2) is 0 Å². The lowest BCUT2D eigenvalue weighted by Gasteiger charge is -2.11. The monoisotopic (exact) mass is 336 g/mol. The van der Waals surface area contributed by atoms with E-state index in [1.165, 1.54) is 6.07 Å². The summed E-state index contributed by atoms with van der Waals surface area (Å²) in [6, 6.07) is 9.42. The van der Waals surface area contributed by atoms with Gasteiger partial charge in [0.05, 0.1) is 5.56 Å². The van der Waals surface area contributed by atoms with Crippen molar-refractivity contribution in [3.8, 4) is 0 Å². The van der Waals surface area contributed by atoms with E-state index in [9.17, 15) is 22.8 Å². The minimum atomic E-state index is -4.53. The van der Waals surface area contributed by atoms with E-state index >= 15 is 0 Å². The number of carbonyl (C=O) groups is 2. The van der Waals surface area contributed by atoms with Crippen LogP contribution in [0.1, 0.15) is 16.7 Å². The number of hydrogen-bond donors (Lipinski definition) is 2. The van der Waals surface area contributed by atoms with E-state index in [1.807, 2.05) is 13.0 Å². The van der Waals surface area contributed by atoms with E-state index < -0.39 is 23.6 Å². The first-order valence-electron chi connectivity index (χ1n) is 7.03. The van der Waals surface area contributed by atoms with Crippen LogP contribution in [-0.4, -0.2) is 11.8 Å². The molecule has 2 N–H and O–H groups in total. The number of alkyl halides is 3. The predicted octanol–water partition coefficient (Wildman–Crippen LogP) is 3.90. The summed E-state index contributed by atoms with van der Waals surface area (Å²) in [5, 5.41) is 4.60. The van der Waals surface area contributed by atoms with Crippen LogP contribution in [0.5, 0.6) is 0 Å². The van der Waals surface area contributed by atoms with Crippen LogP contribution in [0.4, 0.5) is 24.5 Å². The highest BCUT2D eigenvalue weighted by Gasteiger charge is 2.30. The molecule has 0 saturated heterocycles. The highest BCUT2D eigenvalue weighted by atomic mass is 19.4. The fraction of sp³-hybridized carbons (Fsp3) is 0.176. The van der Waals surface area contributed by atoms with E-state index in [2.05, 4.69) is 10.6 Å². The Morgan fingerprint density at radius 2 is 1.58 bits per heavy atom. The average Bonchev–Trinajstić information content (AvgIpc) is 2.50. The number of rotatable bonds is 2. The number of benzene rings is 2. The van der Waals surface area contributed by atoms with Crippen LogP contribution in [0.25, 0.3) is 0 Å². The summed E-state index contributed by atoms with van der Waals surface area (Å²) in [4.78, 5) is 23.8. The summed E-state index contributed by atoms with van der Waals surface area (Å²) < 4.78 is 37.9. The van der Waals surface area contributed by atoms with Gasteiger partial charge in [0, 0.05) is 11.4 Å². The number of amides is 2. The molecule has 2 aromatic carbocycles. The zero-order valence-electron chi connectivity index (χ0n) is 13.0. The highest BCUT2D eigenvalue weighted by molar-refractivity contribution is 6.43. The van der Waals surface area contributed by atoms with Crippen LogP contribution < -0.4 is 10.6 Å². The SMILES string of the molecule is Cc1ccc(C)c(NC(=O)C(=O)Nc2cccc(C(F)(F)F)c2)c1. The van der Waals surface area contributed by atoms with Gasteiger partial charge in [-0.2, -0.15) is 13.2 Å². The second-order valence-corrected chi connectivity index (χ2v) is 5.31. The third kappa shape index (κ3) is 4.34. The lowest BCUT2D eigenvalue weighted by molar-refractivity contribution is -0.137. The fourth-order valence-electron chi connectivity index (χ4n) is 2.01. The highest BCUT2D eigenvalue weighted by Crippen LogP contribution is 2.30. The van der Waals surface area contributed by atoms with Crippen LogP contribution in [0.2, 0.25) is 0 Å². The van der Waals surface area contributed by atoms with Crippen molar-refractivity contribution < 1.29 is 22.8 Å². The van der Waals surface area contributed by atoms with Gasteiger partial charge in [0.1, 0.15) is 0 Å². The molecule has 2 aromatic rings. The maximum Gasteiger partial charge on any atom is 0.416 e. The second kappa shape index (κ2) is 6.74. The molecule has 4 nitrogen and oxygen atoms in total. The van der Waals surface area contributed by atoms with Gasteiger partial charge in [0.2, 0.25) is 0 Å². The Morgan fingerprint density at radius 3 is 2.25 bits per heavy atom. The van der Waals surface area contributed by atoms with Crippen molar-refractivity contribution in [3.63, 3.8) is 0 Å². The Bertz CT molecular complexity index is 786. The maximum absolute atomic E-state index is 12.6. The van der Waals surface area contributed by atoms with Gasteiger partial charge >= 0.3 is 18.0 Å². The van der Waals surface area contributed by atoms with E-state index in [4.69, 9.17) is 0 Å². The van der Waals surface area contributed by atoms with Gasteiger partial charge in [-0.05, 0) is 49.2 Å². The Hall–Kier alpha value is -2.83. The number of aryl methyl sites for hydroxylation is 2. The summed E-state index contributed by atoms with van der Waals surface area (Å²) in [5.74, 6) is -2.00. The topological polar surface area (TPSA) is 58.2 Å². The van der Waals surface area contributed by atoms with Crippen molar-refractivity contribution in [1.82, 2.24) is 0 Å². The first kappa shape index (κ1) is 17.5. The predicted molar refractivity (Wildman–Crippen MR) is 84.6 cm³/mol. The van der Waals surface area contributed by atoms with Gasteiger partial charge in [-0.3, -0.25) is 9.59 Å². The number of hydrogen-bond acceptors (Lipinski definition) is 2. The van der Waals surface area contributed by atoms with E-state index in [0.717, 1.165) is 29.3 Å². The van der Waals surface area contributed by atoms with Gasteiger partial charge < -0.3 is 10.6 Å². The maximum atomic E-state index is 12.6. The van der Waals surface area contributed by atoms with Crippen molar-refractivity contribution in [2.45, 2.75) is 20.0 Å². The van der Waals surface area contributed by atoms with Gasteiger partial charge in [0.25, 0.3) is 0 Å². The summed E-state index contributed by atoms with van der Waals surface area (Å²) in [6.45, 7) is 3.59. The molecule has 0 aromatic heterocycles. The van der Waals surface area contributed by atoms with Gasteiger partial charge in [-0.1, -0.05) is 18.2 Å². The minimum Gasteiger partial charge on any atom is -0.318 e. The number of nitrogens with one attached hydrogen (secondary N) is 2. The van der Waals surface area contributed by atoms with Crippen molar-refractivity contribution >= 4 is 23.2 Å². The molecule has 2 rings (SSSR count). The molecule has 0 aliphatic carbocycles. The number of halogens is 3. The van der Waals surface area contributed by atoms with Crippen LogP contribution >= 0.6 is 0 Å². The van der Waals surface area contributed by atoms with Crippen LogP contribution in [-0.2, 0) is 15.8 Å². The van der Waals surface area contributed by atoms with Crippen LogP contribution in [0, 0.1) is 13.8 Å². The summed E-state index contributed by atoms with van der Waals surface area (Å²) >= 11 is 0. The molecule has 0 saturated carbocycles. The number of carbonyl (C=O) groups excluding carboxylic acids is 2. The normalized spacial score (nSPS) is 11.0.